The number of amides is 1. The summed E-state index contributed by atoms with van der Waals surface area (Å²) in [6.45, 7) is 2.95. The lowest BCUT2D eigenvalue weighted by Crippen LogP contribution is -2.30. The fourth-order valence-electron chi connectivity index (χ4n) is 1.43. The zero-order valence-corrected chi connectivity index (χ0v) is 10.6. The standard InChI is InChI=1S/C13H15NO5/c1-7(8(2)12(16)17)11(15)14-10-5-3-4-9(6-10)13(18)19/h3-8H,1-2H3,(H,14,15)(H,16,17)(H,18,19). The molecule has 2 atom stereocenters. The smallest absolute Gasteiger partial charge is 0.335 e. The Bertz CT molecular complexity index is 512. The van der Waals surface area contributed by atoms with Crippen LogP contribution < -0.4 is 5.32 Å². The first-order valence-electron chi connectivity index (χ1n) is 5.70. The van der Waals surface area contributed by atoms with Crippen molar-refractivity contribution in [2.24, 2.45) is 11.8 Å². The Labute approximate surface area is 110 Å². The van der Waals surface area contributed by atoms with Crippen molar-refractivity contribution in [2.45, 2.75) is 13.8 Å². The zero-order chi connectivity index (χ0) is 14.6. The van der Waals surface area contributed by atoms with E-state index in [-0.39, 0.29) is 5.56 Å². The first-order valence-corrected chi connectivity index (χ1v) is 5.70. The Balaban J connectivity index is 2.79. The molecule has 0 aliphatic carbocycles. The van der Waals surface area contributed by atoms with Gasteiger partial charge < -0.3 is 15.5 Å². The Hall–Kier alpha value is -2.37. The van der Waals surface area contributed by atoms with Gasteiger partial charge in [-0.25, -0.2) is 4.79 Å². The molecular weight excluding hydrogens is 250 g/mol. The SMILES string of the molecule is CC(C(=O)O)C(C)C(=O)Nc1cccc(C(=O)O)c1. The number of carbonyl (C=O) groups excluding carboxylic acids is 1. The summed E-state index contributed by atoms with van der Waals surface area (Å²) in [6.07, 6.45) is 0. The lowest BCUT2D eigenvalue weighted by atomic mass is 9.95. The molecule has 0 saturated carbocycles. The monoisotopic (exact) mass is 265 g/mol. The van der Waals surface area contributed by atoms with Crippen LogP contribution in [0.25, 0.3) is 0 Å². The molecule has 0 bridgehead atoms. The quantitative estimate of drug-likeness (QED) is 0.751. The summed E-state index contributed by atoms with van der Waals surface area (Å²) in [6, 6.07) is 5.77. The fraction of sp³-hybridized carbons (Fsp3) is 0.308. The van der Waals surface area contributed by atoms with Crippen molar-refractivity contribution in [3.63, 3.8) is 0 Å². The molecular formula is C13H15NO5. The third-order valence-corrected chi connectivity index (χ3v) is 2.93. The molecule has 1 amide bonds. The minimum absolute atomic E-state index is 0.0525. The fourth-order valence-corrected chi connectivity index (χ4v) is 1.43. The first-order chi connectivity index (χ1) is 8.82. The number of hydrogen-bond donors (Lipinski definition) is 3. The minimum Gasteiger partial charge on any atom is -0.481 e. The van der Waals surface area contributed by atoms with E-state index in [1.807, 2.05) is 0 Å². The normalized spacial score (nSPS) is 13.4. The van der Waals surface area contributed by atoms with Gasteiger partial charge in [0, 0.05) is 11.6 Å². The lowest BCUT2D eigenvalue weighted by molar-refractivity contribution is -0.145. The maximum absolute atomic E-state index is 11.8. The third kappa shape index (κ3) is 3.80. The Morgan fingerprint density at radius 1 is 1.11 bits per heavy atom. The number of rotatable bonds is 5. The number of carboxylic acids is 2. The molecule has 0 fully saturated rings. The summed E-state index contributed by atoms with van der Waals surface area (Å²) < 4.78 is 0. The van der Waals surface area contributed by atoms with Gasteiger partial charge in [-0.05, 0) is 18.2 Å². The summed E-state index contributed by atoms with van der Waals surface area (Å²) in [7, 11) is 0. The van der Waals surface area contributed by atoms with Gasteiger partial charge in [0.15, 0.2) is 0 Å². The minimum atomic E-state index is -1.09. The van der Waals surface area contributed by atoms with E-state index in [9.17, 15) is 14.4 Å². The molecule has 0 heterocycles. The molecule has 6 nitrogen and oxygen atoms in total. The van der Waals surface area contributed by atoms with Crippen molar-refractivity contribution < 1.29 is 24.6 Å². The van der Waals surface area contributed by atoms with E-state index in [0.717, 1.165) is 0 Å². The van der Waals surface area contributed by atoms with E-state index in [4.69, 9.17) is 10.2 Å². The Kier molecular flexibility index (Phi) is 4.63. The topological polar surface area (TPSA) is 104 Å². The van der Waals surface area contributed by atoms with E-state index < -0.39 is 29.7 Å². The van der Waals surface area contributed by atoms with Crippen LogP contribution in [-0.2, 0) is 9.59 Å². The predicted octanol–water partition coefficient (Wildman–Crippen LogP) is 1.68. The van der Waals surface area contributed by atoms with Crippen molar-refractivity contribution in [1.29, 1.82) is 0 Å². The van der Waals surface area contributed by atoms with Crippen LogP contribution in [0.1, 0.15) is 24.2 Å². The van der Waals surface area contributed by atoms with Gasteiger partial charge in [0.1, 0.15) is 0 Å². The maximum Gasteiger partial charge on any atom is 0.335 e. The molecule has 102 valence electrons. The first kappa shape index (κ1) is 14.7. The highest BCUT2D eigenvalue weighted by molar-refractivity contribution is 5.96. The number of aromatic carboxylic acids is 1. The van der Waals surface area contributed by atoms with Crippen LogP contribution in [0.15, 0.2) is 24.3 Å². The van der Waals surface area contributed by atoms with Crippen LogP contribution in [0.2, 0.25) is 0 Å². The summed E-state index contributed by atoms with van der Waals surface area (Å²) >= 11 is 0. The molecule has 0 aliphatic heterocycles. The van der Waals surface area contributed by atoms with Gasteiger partial charge >= 0.3 is 11.9 Å². The van der Waals surface area contributed by atoms with E-state index in [0.29, 0.717) is 5.69 Å². The van der Waals surface area contributed by atoms with Gasteiger partial charge in [0.25, 0.3) is 0 Å². The highest BCUT2D eigenvalue weighted by Gasteiger charge is 2.25. The molecule has 19 heavy (non-hydrogen) atoms. The lowest BCUT2D eigenvalue weighted by Gasteiger charge is -2.15. The van der Waals surface area contributed by atoms with Crippen molar-refractivity contribution >= 4 is 23.5 Å². The van der Waals surface area contributed by atoms with Crippen LogP contribution in [0, 0.1) is 11.8 Å². The van der Waals surface area contributed by atoms with E-state index >= 15 is 0 Å². The van der Waals surface area contributed by atoms with Gasteiger partial charge in [-0.2, -0.15) is 0 Å². The largest absolute Gasteiger partial charge is 0.481 e. The van der Waals surface area contributed by atoms with Gasteiger partial charge in [0.2, 0.25) is 5.91 Å². The second-order valence-electron chi connectivity index (χ2n) is 4.29. The third-order valence-electron chi connectivity index (χ3n) is 2.93. The average Bonchev–Trinajstić information content (AvgIpc) is 2.37. The molecule has 1 rings (SSSR count). The second kappa shape index (κ2) is 5.99. The summed E-state index contributed by atoms with van der Waals surface area (Å²) in [4.78, 5) is 33.4. The molecule has 2 unspecified atom stereocenters. The molecule has 6 heteroatoms. The average molecular weight is 265 g/mol. The summed E-state index contributed by atoms with van der Waals surface area (Å²) in [5.41, 5.74) is 0.381. The number of benzene rings is 1. The molecule has 0 saturated heterocycles. The zero-order valence-electron chi connectivity index (χ0n) is 10.6. The van der Waals surface area contributed by atoms with Crippen LogP contribution in [-0.4, -0.2) is 28.1 Å². The maximum atomic E-state index is 11.8. The summed E-state index contributed by atoms with van der Waals surface area (Å²) in [5.74, 6) is -4.14. The van der Waals surface area contributed by atoms with Crippen molar-refractivity contribution in [3.05, 3.63) is 29.8 Å². The van der Waals surface area contributed by atoms with Gasteiger partial charge in [0.05, 0.1) is 11.5 Å². The number of hydrogen-bond acceptors (Lipinski definition) is 3. The molecule has 0 aromatic heterocycles. The van der Waals surface area contributed by atoms with Crippen LogP contribution >= 0.6 is 0 Å². The second-order valence-corrected chi connectivity index (χ2v) is 4.29. The number of aliphatic carboxylic acids is 1. The van der Waals surface area contributed by atoms with E-state index in [1.54, 1.807) is 6.07 Å². The Morgan fingerprint density at radius 3 is 2.26 bits per heavy atom. The van der Waals surface area contributed by atoms with Crippen molar-refractivity contribution in [1.82, 2.24) is 0 Å². The molecule has 0 radical (unpaired) electrons. The van der Waals surface area contributed by atoms with Gasteiger partial charge in [-0.3, -0.25) is 9.59 Å². The number of carbonyl (C=O) groups is 3. The molecule has 0 spiro atoms. The van der Waals surface area contributed by atoms with Gasteiger partial charge in [-0.15, -0.1) is 0 Å². The summed E-state index contributed by atoms with van der Waals surface area (Å²) in [5, 5.41) is 20.2. The predicted molar refractivity (Wildman–Crippen MR) is 68.0 cm³/mol. The van der Waals surface area contributed by atoms with Crippen molar-refractivity contribution in [2.75, 3.05) is 5.32 Å². The highest BCUT2D eigenvalue weighted by atomic mass is 16.4. The van der Waals surface area contributed by atoms with Gasteiger partial charge in [-0.1, -0.05) is 19.9 Å². The molecule has 1 aromatic carbocycles. The molecule has 3 N–H and O–H groups in total. The highest BCUT2D eigenvalue weighted by Crippen LogP contribution is 2.16. The van der Waals surface area contributed by atoms with Crippen LogP contribution in [0.5, 0.6) is 0 Å². The van der Waals surface area contributed by atoms with E-state index in [2.05, 4.69) is 5.32 Å². The number of carboxylic acid groups (broad SMARTS) is 2. The van der Waals surface area contributed by atoms with E-state index in [1.165, 1.54) is 32.0 Å². The molecule has 1 aromatic rings. The number of nitrogens with one attached hydrogen (secondary N) is 1. The molecule has 0 aliphatic rings. The van der Waals surface area contributed by atoms with Crippen LogP contribution in [0.4, 0.5) is 5.69 Å². The number of anilines is 1. The Morgan fingerprint density at radius 2 is 1.74 bits per heavy atom. The van der Waals surface area contributed by atoms with Crippen LogP contribution in [0.3, 0.4) is 0 Å². The van der Waals surface area contributed by atoms with Crippen molar-refractivity contribution in [3.8, 4) is 0 Å².